The zero-order chi connectivity index (χ0) is 16.7. The molecule has 0 aromatic carbocycles. The molecule has 0 unspecified atom stereocenters. The van der Waals surface area contributed by atoms with Gasteiger partial charge in [0, 0.05) is 44.0 Å². The van der Waals surface area contributed by atoms with Crippen LogP contribution < -0.4 is 0 Å². The first kappa shape index (κ1) is 15.3. The number of hydrogen-bond donors (Lipinski definition) is 1. The smallest absolute Gasteiger partial charge is 0.276 e. The second-order valence-electron chi connectivity index (χ2n) is 6.71. The van der Waals surface area contributed by atoms with Gasteiger partial charge in [-0.3, -0.25) is 9.89 Å². The minimum absolute atomic E-state index is 0.0990. The lowest BCUT2D eigenvalue weighted by atomic mass is 9.96. The van der Waals surface area contributed by atoms with Crippen LogP contribution >= 0.6 is 0 Å². The van der Waals surface area contributed by atoms with Crippen LogP contribution in [-0.2, 0) is 4.74 Å². The number of carbonyl (C=O) groups excluding carboxylic acids is 1. The molecule has 2 aromatic rings. The summed E-state index contributed by atoms with van der Waals surface area (Å²) in [7, 11) is 1.68. The fourth-order valence-electron chi connectivity index (χ4n) is 3.34. The summed E-state index contributed by atoms with van der Waals surface area (Å²) >= 11 is 0. The molecule has 2 aliphatic rings. The molecule has 0 bridgehead atoms. The van der Waals surface area contributed by atoms with Crippen LogP contribution in [0.5, 0.6) is 0 Å². The maximum absolute atomic E-state index is 12.6. The lowest BCUT2D eigenvalue weighted by molar-refractivity contribution is 0.0765. The Balaban J connectivity index is 1.53. The van der Waals surface area contributed by atoms with E-state index in [2.05, 4.69) is 20.3 Å². The Labute approximate surface area is 139 Å². The molecule has 3 heterocycles. The molecule has 24 heavy (non-hydrogen) atoms. The molecular weight excluding hydrogens is 310 g/mol. The molecule has 1 amide bonds. The van der Waals surface area contributed by atoms with E-state index < -0.39 is 0 Å². The van der Waals surface area contributed by atoms with Crippen molar-refractivity contribution in [3.05, 3.63) is 29.2 Å². The van der Waals surface area contributed by atoms with E-state index in [0.717, 1.165) is 11.6 Å². The van der Waals surface area contributed by atoms with Gasteiger partial charge in [-0.05, 0) is 19.8 Å². The molecular formula is C16H21N5O3. The number of aryl methyl sites for hydroxylation is 1. The summed E-state index contributed by atoms with van der Waals surface area (Å²) in [5, 5.41) is 11.2. The summed E-state index contributed by atoms with van der Waals surface area (Å²) in [6, 6.07) is 1.67. The number of carbonyl (C=O) groups is 1. The van der Waals surface area contributed by atoms with Gasteiger partial charge in [0.2, 0.25) is 0 Å². The van der Waals surface area contributed by atoms with E-state index in [4.69, 9.17) is 9.26 Å². The van der Waals surface area contributed by atoms with Gasteiger partial charge in [0.05, 0.1) is 6.61 Å². The van der Waals surface area contributed by atoms with Crippen molar-refractivity contribution >= 4 is 5.91 Å². The fourth-order valence-corrected chi connectivity index (χ4v) is 3.34. The van der Waals surface area contributed by atoms with E-state index in [0.29, 0.717) is 37.1 Å². The van der Waals surface area contributed by atoms with Crippen molar-refractivity contribution < 1.29 is 14.1 Å². The van der Waals surface area contributed by atoms with Gasteiger partial charge >= 0.3 is 0 Å². The quantitative estimate of drug-likeness (QED) is 0.891. The number of likely N-dealkylation sites (tertiary alicyclic amines) is 1. The Morgan fingerprint density at radius 3 is 2.96 bits per heavy atom. The van der Waals surface area contributed by atoms with Crippen LogP contribution in [0.15, 0.2) is 10.6 Å². The number of amides is 1. The fraction of sp³-hybridized carbons (Fsp3) is 0.625. The van der Waals surface area contributed by atoms with E-state index in [9.17, 15) is 4.79 Å². The van der Waals surface area contributed by atoms with E-state index in [-0.39, 0.29) is 17.7 Å². The maximum atomic E-state index is 12.6. The number of aromatic nitrogens is 4. The van der Waals surface area contributed by atoms with Gasteiger partial charge < -0.3 is 14.2 Å². The molecule has 0 spiro atoms. The normalized spacial score (nSPS) is 23.8. The molecule has 8 nitrogen and oxygen atoms in total. The average molecular weight is 331 g/mol. The Hall–Kier alpha value is -2.22. The number of hydrogen-bond acceptors (Lipinski definition) is 6. The molecule has 4 rings (SSSR count). The Bertz CT molecular complexity index is 736. The zero-order valence-corrected chi connectivity index (χ0v) is 13.9. The molecule has 2 aromatic heterocycles. The average Bonchev–Trinajstić information content (AvgIpc) is 2.99. The van der Waals surface area contributed by atoms with Gasteiger partial charge in [-0.25, -0.2) is 4.98 Å². The number of ether oxygens (including phenoxy) is 1. The number of methoxy groups -OCH3 is 1. The highest BCUT2D eigenvalue weighted by Crippen LogP contribution is 2.39. The van der Waals surface area contributed by atoms with Gasteiger partial charge in [-0.15, -0.1) is 0 Å². The van der Waals surface area contributed by atoms with Crippen LogP contribution in [-0.4, -0.2) is 58.0 Å². The lowest BCUT2D eigenvalue weighted by Gasteiger charge is -2.14. The molecule has 1 saturated carbocycles. The molecule has 8 heteroatoms. The van der Waals surface area contributed by atoms with Gasteiger partial charge in [0.1, 0.15) is 11.6 Å². The zero-order valence-electron chi connectivity index (χ0n) is 13.9. The predicted molar refractivity (Wildman–Crippen MR) is 83.6 cm³/mol. The van der Waals surface area contributed by atoms with E-state index in [1.807, 2.05) is 0 Å². The molecule has 1 N–H and O–H groups in total. The SMILES string of the molecule is COC[C@@H]1CN(C(=O)c2cc(C)on2)C[C@H]1c1nc(C2CC2)n[nH]1. The Morgan fingerprint density at radius 1 is 1.46 bits per heavy atom. The van der Waals surface area contributed by atoms with Crippen molar-refractivity contribution in [2.75, 3.05) is 26.8 Å². The minimum atomic E-state index is -0.114. The van der Waals surface area contributed by atoms with E-state index in [1.54, 1.807) is 25.0 Å². The molecule has 128 valence electrons. The first-order chi connectivity index (χ1) is 11.7. The van der Waals surface area contributed by atoms with Crippen molar-refractivity contribution in [1.29, 1.82) is 0 Å². The number of aromatic amines is 1. The van der Waals surface area contributed by atoms with Crippen molar-refractivity contribution in [1.82, 2.24) is 25.2 Å². The number of rotatable bonds is 5. The van der Waals surface area contributed by atoms with Crippen molar-refractivity contribution in [2.24, 2.45) is 5.92 Å². The minimum Gasteiger partial charge on any atom is -0.384 e. The second-order valence-corrected chi connectivity index (χ2v) is 6.71. The molecule has 1 aliphatic heterocycles. The monoisotopic (exact) mass is 331 g/mol. The van der Waals surface area contributed by atoms with Crippen LogP contribution in [0.4, 0.5) is 0 Å². The highest BCUT2D eigenvalue weighted by Gasteiger charge is 2.39. The summed E-state index contributed by atoms with van der Waals surface area (Å²) in [5.74, 6) is 3.06. The summed E-state index contributed by atoms with van der Waals surface area (Å²) < 4.78 is 10.4. The summed E-state index contributed by atoms with van der Waals surface area (Å²) in [5.41, 5.74) is 0.348. The standard InChI is InChI=1S/C16H21N5O3/c1-9-5-13(20-24-9)16(22)21-6-11(8-23-2)12(7-21)15-17-14(18-19-15)10-3-4-10/h5,10-12H,3-4,6-8H2,1-2H3,(H,17,18,19)/t11-,12+/m0/s1. The first-order valence-corrected chi connectivity index (χ1v) is 8.29. The van der Waals surface area contributed by atoms with Crippen LogP contribution in [0.3, 0.4) is 0 Å². The van der Waals surface area contributed by atoms with Gasteiger partial charge in [-0.2, -0.15) is 5.10 Å². The third-order valence-corrected chi connectivity index (χ3v) is 4.77. The largest absolute Gasteiger partial charge is 0.384 e. The molecule has 0 radical (unpaired) electrons. The molecule has 2 fully saturated rings. The third-order valence-electron chi connectivity index (χ3n) is 4.77. The Morgan fingerprint density at radius 2 is 2.29 bits per heavy atom. The topological polar surface area (TPSA) is 97.1 Å². The highest BCUT2D eigenvalue weighted by molar-refractivity contribution is 5.92. The first-order valence-electron chi connectivity index (χ1n) is 8.29. The van der Waals surface area contributed by atoms with Crippen molar-refractivity contribution in [2.45, 2.75) is 31.6 Å². The number of nitrogens with one attached hydrogen (secondary N) is 1. The number of nitrogens with zero attached hydrogens (tertiary/aromatic N) is 4. The number of H-pyrrole nitrogens is 1. The van der Waals surface area contributed by atoms with Gasteiger partial charge in [0.15, 0.2) is 11.5 Å². The van der Waals surface area contributed by atoms with Gasteiger partial charge in [-0.1, -0.05) is 5.16 Å². The van der Waals surface area contributed by atoms with Crippen LogP contribution in [0, 0.1) is 12.8 Å². The second kappa shape index (κ2) is 6.01. The molecule has 1 aliphatic carbocycles. The summed E-state index contributed by atoms with van der Waals surface area (Å²) in [4.78, 5) is 19.1. The van der Waals surface area contributed by atoms with Crippen LogP contribution in [0.25, 0.3) is 0 Å². The van der Waals surface area contributed by atoms with E-state index in [1.165, 1.54) is 12.8 Å². The Kier molecular flexibility index (Phi) is 3.84. The molecule has 1 saturated heterocycles. The van der Waals surface area contributed by atoms with Crippen LogP contribution in [0.2, 0.25) is 0 Å². The van der Waals surface area contributed by atoms with E-state index >= 15 is 0 Å². The predicted octanol–water partition coefficient (Wildman–Crippen LogP) is 1.48. The highest BCUT2D eigenvalue weighted by atomic mass is 16.5. The van der Waals surface area contributed by atoms with Crippen molar-refractivity contribution in [3.8, 4) is 0 Å². The summed E-state index contributed by atoms with van der Waals surface area (Å²) in [6.07, 6.45) is 2.33. The lowest BCUT2D eigenvalue weighted by Crippen LogP contribution is -2.29. The van der Waals surface area contributed by atoms with Crippen LogP contribution in [0.1, 0.15) is 52.6 Å². The summed E-state index contributed by atoms with van der Waals surface area (Å²) in [6.45, 7) is 3.55. The maximum Gasteiger partial charge on any atom is 0.276 e. The van der Waals surface area contributed by atoms with Gasteiger partial charge in [0.25, 0.3) is 5.91 Å². The van der Waals surface area contributed by atoms with Crippen molar-refractivity contribution in [3.63, 3.8) is 0 Å². The molecule has 2 atom stereocenters. The third kappa shape index (κ3) is 2.82.